The van der Waals surface area contributed by atoms with Gasteiger partial charge in [0.2, 0.25) is 0 Å². The minimum Gasteiger partial charge on any atom is -0.464 e. The molecule has 0 amide bonds. The van der Waals surface area contributed by atoms with Crippen molar-refractivity contribution in [3.63, 3.8) is 0 Å². The van der Waals surface area contributed by atoms with E-state index in [1.165, 1.54) is 18.4 Å². The van der Waals surface area contributed by atoms with Gasteiger partial charge in [-0.1, -0.05) is 28.1 Å². The maximum atomic E-state index is 11.6. The number of benzene rings is 1. The summed E-state index contributed by atoms with van der Waals surface area (Å²) in [5, 5.41) is 0. The molecule has 1 aromatic heterocycles. The van der Waals surface area contributed by atoms with Crippen LogP contribution in [-0.4, -0.2) is 18.1 Å². The zero-order valence-corrected chi connectivity index (χ0v) is 12.7. The van der Waals surface area contributed by atoms with Gasteiger partial charge < -0.3 is 4.74 Å². The number of methoxy groups -OCH3 is 1. The highest BCUT2D eigenvalue weighted by Gasteiger charge is 2.19. The fourth-order valence-electron chi connectivity index (χ4n) is 1.33. The summed E-state index contributed by atoms with van der Waals surface area (Å²) < 4.78 is 6.36. The largest absolute Gasteiger partial charge is 0.464 e. The van der Waals surface area contributed by atoms with Gasteiger partial charge in [-0.2, -0.15) is 0 Å². The quantitative estimate of drug-likeness (QED) is 0.740. The summed E-state index contributed by atoms with van der Waals surface area (Å²) in [4.78, 5) is 16.5. The average molecular weight is 377 g/mol. The van der Waals surface area contributed by atoms with Crippen molar-refractivity contribution in [1.29, 1.82) is 0 Å². The topological polar surface area (TPSA) is 39.2 Å². The molecule has 1 heterocycles. The second kappa shape index (κ2) is 5.29. The molecule has 0 aliphatic heterocycles. The standard InChI is InChI=1S/C11H7Br2NO2S/c1-16-10(15)8-9(17-11(13)14-8)6-2-4-7(12)5-3-6/h2-5H,1H3. The van der Waals surface area contributed by atoms with Crippen molar-refractivity contribution in [3.8, 4) is 10.4 Å². The zero-order chi connectivity index (χ0) is 12.4. The first-order valence-corrected chi connectivity index (χ1v) is 7.02. The van der Waals surface area contributed by atoms with Crippen molar-refractivity contribution in [2.24, 2.45) is 0 Å². The van der Waals surface area contributed by atoms with Crippen LogP contribution in [0.15, 0.2) is 32.7 Å². The fourth-order valence-corrected chi connectivity index (χ4v) is 3.04. The molecule has 0 radical (unpaired) electrons. The van der Waals surface area contributed by atoms with Gasteiger partial charge in [-0.15, -0.1) is 11.3 Å². The first-order valence-electron chi connectivity index (χ1n) is 4.62. The van der Waals surface area contributed by atoms with Gasteiger partial charge in [0.1, 0.15) is 0 Å². The van der Waals surface area contributed by atoms with Crippen LogP contribution in [-0.2, 0) is 4.74 Å². The van der Waals surface area contributed by atoms with Crippen LogP contribution in [0.1, 0.15) is 10.5 Å². The van der Waals surface area contributed by atoms with Crippen molar-refractivity contribution >= 4 is 49.2 Å². The monoisotopic (exact) mass is 375 g/mol. The van der Waals surface area contributed by atoms with E-state index in [9.17, 15) is 4.79 Å². The zero-order valence-electron chi connectivity index (χ0n) is 8.74. The molecule has 6 heteroatoms. The fraction of sp³-hybridized carbons (Fsp3) is 0.0909. The normalized spacial score (nSPS) is 10.3. The first-order chi connectivity index (χ1) is 8.11. The third kappa shape index (κ3) is 2.75. The Morgan fingerprint density at radius 1 is 1.29 bits per heavy atom. The molecule has 0 unspecified atom stereocenters. The molecule has 0 fully saturated rings. The molecule has 17 heavy (non-hydrogen) atoms. The van der Waals surface area contributed by atoms with E-state index in [1.807, 2.05) is 24.3 Å². The van der Waals surface area contributed by atoms with Crippen LogP contribution < -0.4 is 0 Å². The van der Waals surface area contributed by atoms with Gasteiger partial charge in [0, 0.05) is 4.47 Å². The number of hydrogen-bond donors (Lipinski definition) is 0. The van der Waals surface area contributed by atoms with E-state index in [0.29, 0.717) is 9.61 Å². The van der Waals surface area contributed by atoms with E-state index in [1.54, 1.807) is 0 Å². The van der Waals surface area contributed by atoms with Crippen molar-refractivity contribution in [2.75, 3.05) is 7.11 Å². The Morgan fingerprint density at radius 2 is 1.94 bits per heavy atom. The smallest absolute Gasteiger partial charge is 0.358 e. The Bertz CT molecular complexity index is 551. The molecule has 1 aromatic carbocycles. The summed E-state index contributed by atoms with van der Waals surface area (Å²) in [6.45, 7) is 0. The molecule has 0 N–H and O–H groups in total. The summed E-state index contributed by atoms with van der Waals surface area (Å²) in [7, 11) is 1.35. The summed E-state index contributed by atoms with van der Waals surface area (Å²) in [5.41, 5.74) is 1.28. The van der Waals surface area contributed by atoms with E-state index in [0.717, 1.165) is 14.9 Å². The number of rotatable bonds is 2. The van der Waals surface area contributed by atoms with Gasteiger partial charge in [0.15, 0.2) is 9.61 Å². The van der Waals surface area contributed by atoms with Crippen LogP contribution in [0.2, 0.25) is 0 Å². The van der Waals surface area contributed by atoms with Crippen LogP contribution >= 0.6 is 43.2 Å². The summed E-state index contributed by atoms with van der Waals surface area (Å²) in [6.07, 6.45) is 0. The number of thiazole rings is 1. The van der Waals surface area contributed by atoms with Gasteiger partial charge in [0.25, 0.3) is 0 Å². The van der Waals surface area contributed by atoms with Crippen LogP contribution in [0.5, 0.6) is 0 Å². The highest BCUT2D eigenvalue weighted by Crippen LogP contribution is 2.33. The molecular weight excluding hydrogens is 370 g/mol. The molecule has 2 rings (SSSR count). The lowest BCUT2D eigenvalue weighted by atomic mass is 10.1. The molecule has 0 aliphatic rings. The maximum Gasteiger partial charge on any atom is 0.358 e. The van der Waals surface area contributed by atoms with Crippen molar-refractivity contribution < 1.29 is 9.53 Å². The van der Waals surface area contributed by atoms with Crippen LogP contribution in [0.4, 0.5) is 0 Å². The lowest BCUT2D eigenvalue weighted by molar-refractivity contribution is 0.0595. The van der Waals surface area contributed by atoms with E-state index in [2.05, 4.69) is 36.8 Å². The van der Waals surface area contributed by atoms with Gasteiger partial charge in [-0.05, 0) is 33.6 Å². The average Bonchev–Trinajstić information content (AvgIpc) is 2.71. The summed E-state index contributed by atoms with van der Waals surface area (Å²) in [5.74, 6) is -0.426. The lowest BCUT2D eigenvalue weighted by Gasteiger charge is -2.00. The molecule has 88 valence electrons. The first kappa shape index (κ1) is 12.7. The number of carbonyl (C=O) groups is 1. The van der Waals surface area contributed by atoms with Crippen molar-refractivity contribution in [3.05, 3.63) is 38.3 Å². The van der Waals surface area contributed by atoms with E-state index in [4.69, 9.17) is 4.74 Å². The molecule has 2 aromatic rings. The maximum absolute atomic E-state index is 11.6. The van der Waals surface area contributed by atoms with E-state index in [-0.39, 0.29) is 0 Å². The van der Waals surface area contributed by atoms with E-state index >= 15 is 0 Å². The molecule has 0 saturated carbocycles. The van der Waals surface area contributed by atoms with Gasteiger partial charge in [-0.25, -0.2) is 9.78 Å². The second-order valence-electron chi connectivity index (χ2n) is 3.14. The molecule has 0 spiro atoms. The minimum absolute atomic E-state index is 0.340. The van der Waals surface area contributed by atoms with Crippen molar-refractivity contribution in [2.45, 2.75) is 0 Å². The van der Waals surface area contributed by atoms with Gasteiger partial charge in [0.05, 0.1) is 12.0 Å². The molecule has 0 atom stereocenters. The second-order valence-corrected chi connectivity index (χ2v) is 6.33. The van der Waals surface area contributed by atoms with Crippen LogP contribution in [0.3, 0.4) is 0 Å². The minimum atomic E-state index is -0.426. The Balaban J connectivity index is 2.51. The highest BCUT2D eigenvalue weighted by molar-refractivity contribution is 9.11. The Morgan fingerprint density at radius 3 is 2.53 bits per heavy atom. The third-order valence-electron chi connectivity index (χ3n) is 2.09. The van der Waals surface area contributed by atoms with Crippen LogP contribution in [0.25, 0.3) is 10.4 Å². The third-order valence-corrected chi connectivity index (χ3v) is 4.17. The molecule has 3 nitrogen and oxygen atoms in total. The number of ether oxygens (including phenoxy) is 1. The number of aromatic nitrogens is 1. The predicted molar refractivity (Wildman–Crippen MR) is 74.3 cm³/mol. The lowest BCUT2D eigenvalue weighted by Crippen LogP contribution is -2.03. The molecule has 0 bridgehead atoms. The number of carbonyl (C=O) groups excluding carboxylic acids is 1. The summed E-state index contributed by atoms with van der Waals surface area (Å²) in [6, 6.07) is 7.70. The summed E-state index contributed by atoms with van der Waals surface area (Å²) >= 11 is 8.06. The predicted octanol–water partition coefficient (Wildman–Crippen LogP) is 4.12. The van der Waals surface area contributed by atoms with Gasteiger partial charge >= 0.3 is 5.97 Å². The number of nitrogens with zero attached hydrogens (tertiary/aromatic N) is 1. The number of halogens is 2. The Labute approximate surface area is 119 Å². The van der Waals surface area contributed by atoms with Gasteiger partial charge in [-0.3, -0.25) is 0 Å². The SMILES string of the molecule is COC(=O)c1nc(Br)sc1-c1ccc(Br)cc1. The number of esters is 1. The molecule has 0 aliphatic carbocycles. The number of hydrogen-bond acceptors (Lipinski definition) is 4. The van der Waals surface area contributed by atoms with E-state index < -0.39 is 5.97 Å². The van der Waals surface area contributed by atoms with Crippen molar-refractivity contribution in [1.82, 2.24) is 4.98 Å². The Kier molecular flexibility index (Phi) is 3.96. The highest BCUT2D eigenvalue weighted by atomic mass is 79.9. The molecular formula is C11H7Br2NO2S. The Hall–Kier alpha value is -0.720. The molecule has 0 saturated heterocycles. The van der Waals surface area contributed by atoms with Crippen LogP contribution in [0, 0.1) is 0 Å².